The van der Waals surface area contributed by atoms with Crippen LogP contribution in [0.5, 0.6) is 0 Å². The largest absolute Gasteiger partial charge is 0.354 e. The van der Waals surface area contributed by atoms with E-state index in [9.17, 15) is 9.59 Å². The number of nitrogens with zero attached hydrogens (tertiary/aromatic N) is 2. The lowest BCUT2D eigenvalue weighted by Crippen LogP contribution is -2.40. The molecule has 0 saturated carbocycles. The van der Waals surface area contributed by atoms with Gasteiger partial charge in [0.05, 0.1) is 5.71 Å². The zero-order chi connectivity index (χ0) is 18.4. The molecule has 3 rings (SSSR count). The molecule has 0 atom stereocenters. The molecule has 0 bridgehead atoms. The molecule has 1 aliphatic heterocycles. The van der Waals surface area contributed by atoms with Gasteiger partial charge in [-0.3, -0.25) is 9.59 Å². The van der Waals surface area contributed by atoms with Crippen LogP contribution in [0, 0.1) is 0 Å². The van der Waals surface area contributed by atoms with E-state index < -0.39 is 0 Å². The fourth-order valence-electron chi connectivity index (χ4n) is 3.26. The summed E-state index contributed by atoms with van der Waals surface area (Å²) in [4.78, 5) is 24.3. The zero-order valence-electron chi connectivity index (χ0n) is 14.8. The minimum absolute atomic E-state index is 0.0328. The van der Waals surface area contributed by atoms with Crippen molar-refractivity contribution in [2.45, 2.75) is 44.9 Å². The van der Waals surface area contributed by atoms with Crippen LogP contribution in [0.15, 0.2) is 41.0 Å². The number of allylic oxidation sites excluding steroid dienone is 1. The first-order chi connectivity index (χ1) is 12.6. The van der Waals surface area contributed by atoms with Crippen molar-refractivity contribution in [3.8, 4) is 0 Å². The number of benzene rings is 1. The lowest BCUT2D eigenvalue weighted by atomic mass is 9.97. The van der Waals surface area contributed by atoms with Crippen molar-refractivity contribution >= 4 is 29.1 Å². The molecule has 0 radical (unpaired) electrons. The molecule has 2 aliphatic rings. The third-order valence-electron chi connectivity index (χ3n) is 4.73. The molecule has 26 heavy (non-hydrogen) atoms. The average molecular weight is 374 g/mol. The summed E-state index contributed by atoms with van der Waals surface area (Å²) in [6, 6.07) is 7.36. The summed E-state index contributed by atoms with van der Waals surface area (Å²) in [6.07, 6.45) is 8.90. The molecule has 6 heteroatoms. The van der Waals surface area contributed by atoms with Gasteiger partial charge >= 0.3 is 0 Å². The lowest BCUT2D eigenvalue weighted by Gasteiger charge is -2.23. The number of hydrogen-bond acceptors (Lipinski definition) is 3. The van der Waals surface area contributed by atoms with E-state index in [4.69, 9.17) is 11.6 Å². The number of carbonyl (C=O) groups is 2. The van der Waals surface area contributed by atoms with Crippen LogP contribution in [0.3, 0.4) is 0 Å². The maximum atomic E-state index is 12.2. The lowest BCUT2D eigenvalue weighted by molar-refractivity contribution is -0.136. The summed E-state index contributed by atoms with van der Waals surface area (Å²) < 4.78 is 0. The van der Waals surface area contributed by atoms with E-state index in [0.29, 0.717) is 24.4 Å². The molecule has 1 aliphatic carbocycles. The molecule has 0 spiro atoms. The number of amides is 2. The van der Waals surface area contributed by atoms with E-state index in [2.05, 4.69) is 16.5 Å². The first-order valence-electron chi connectivity index (χ1n) is 9.20. The van der Waals surface area contributed by atoms with Crippen molar-refractivity contribution in [2.75, 3.05) is 13.1 Å². The molecule has 138 valence electrons. The van der Waals surface area contributed by atoms with Crippen LogP contribution in [-0.4, -0.2) is 35.6 Å². The van der Waals surface area contributed by atoms with E-state index in [1.807, 2.05) is 12.1 Å². The van der Waals surface area contributed by atoms with Crippen LogP contribution in [0.1, 0.15) is 50.5 Å². The fraction of sp³-hybridized carbons (Fsp3) is 0.450. The Balaban J connectivity index is 1.54. The summed E-state index contributed by atoms with van der Waals surface area (Å²) in [6.45, 7) is 0.579. The molecule has 0 aromatic heterocycles. The van der Waals surface area contributed by atoms with Gasteiger partial charge in [-0.25, -0.2) is 5.01 Å². The highest BCUT2D eigenvalue weighted by Gasteiger charge is 2.23. The standard InChI is InChI=1S/C20H24ClN3O2/c21-17-8-6-16(7-9-17)18-10-11-20(26)24(23-18)14-19(25)22-13-12-15-4-2-1-3-5-15/h4,6-9H,1-3,5,10-14H2,(H,22,25). The normalized spacial score (nSPS) is 17.6. The first-order valence-corrected chi connectivity index (χ1v) is 9.58. The Labute approximate surface area is 159 Å². The summed E-state index contributed by atoms with van der Waals surface area (Å²) in [5.74, 6) is -0.288. The van der Waals surface area contributed by atoms with Crippen molar-refractivity contribution < 1.29 is 9.59 Å². The second-order valence-electron chi connectivity index (χ2n) is 6.71. The van der Waals surface area contributed by atoms with Crippen molar-refractivity contribution in [3.05, 3.63) is 46.5 Å². The highest BCUT2D eigenvalue weighted by atomic mass is 35.5. The maximum absolute atomic E-state index is 12.2. The van der Waals surface area contributed by atoms with Crippen LogP contribution < -0.4 is 5.32 Å². The molecule has 1 N–H and O–H groups in total. The SMILES string of the molecule is O=C(CN1N=C(c2ccc(Cl)cc2)CCC1=O)NCCC1=CCCCC1. The molecular formula is C20H24ClN3O2. The Kier molecular flexibility index (Phi) is 6.45. The second-order valence-corrected chi connectivity index (χ2v) is 7.15. The van der Waals surface area contributed by atoms with Crippen molar-refractivity contribution in [3.63, 3.8) is 0 Å². The molecule has 0 fully saturated rings. The van der Waals surface area contributed by atoms with Crippen molar-refractivity contribution in [2.24, 2.45) is 5.10 Å². The Morgan fingerprint density at radius 3 is 2.69 bits per heavy atom. The average Bonchev–Trinajstić information content (AvgIpc) is 2.65. The molecule has 2 amide bonds. The zero-order valence-corrected chi connectivity index (χ0v) is 15.6. The molecule has 0 saturated heterocycles. The fourth-order valence-corrected chi connectivity index (χ4v) is 3.39. The van der Waals surface area contributed by atoms with Gasteiger partial charge in [0.25, 0.3) is 0 Å². The van der Waals surface area contributed by atoms with Crippen LogP contribution in [0.2, 0.25) is 5.02 Å². The van der Waals surface area contributed by atoms with E-state index >= 15 is 0 Å². The minimum atomic E-state index is -0.170. The van der Waals surface area contributed by atoms with Gasteiger partial charge in [-0.05, 0) is 49.8 Å². The molecule has 1 aromatic rings. The third-order valence-corrected chi connectivity index (χ3v) is 4.98. The Bertz CT molecular complexity index is 725. The predicted molar refractivity (Wildman–Crippen MR) is 103 cm³/mol. The number of hydrazone groups is 1. The van der Waals surface area contributed by atoms with Gasteiger partial charge in [-0.15, -0.1) is 0 Å². The molecular weight excluding hydrogens is 350 g/mol. The van der Waals surface area contributed by atoms with Crippen molar-refractivity contribution in [1.29, 1.82) is 0 Å². The number of rotatable bonds is 6. The second kappa shape index (κ2) is 8.99. The molecule has 5 nitrogen and oxygen atoms in total. The number of carbonyl (C=O) groups excluding carboxylic acids is 2. The van der Waals surface area contributed by atoms with E-state index in [1.54, 1.807) is 12.1 Å². The van der Waals surface area contributed by atoms with Gasteiger partial charge in [0, 0.05) is 24.4 Å². The van der Waals surface area contributed by atoms with Gasteiger partial charge in [0.2, 0.25) is 11.8 Å². The highest BCUT2D eigenvalue weighted by molar-refractivity contribution is 6.30. The quantitative estimate of drug-likeness (QED) is 0.773. The monoisotopic (exact) mass is 373 g/mol. The number of hydrogen-bond donors (Lipinski definition) is 1. The van der Waals surface area contributed by atoms with Crippen molar-refractivity contribution in [1.82, 2.24) is 10.3 Å². The van der Waals surface area contributed by atoms with Crippen LogP contribution >= 0.6 is 11.6 Å². The smallest absolute Gasteiger partial charge is 0.243 e. The summed E-state index contributed by atoms with van der Waals surface area (Å²) in [5, 5.41) is 9.22. The maximum Gasteiger partial charge on any atom is 0.243 e. The van der Waals surface area contributed by atoms with Gasteiger partial charge in [-0.2, -0.15) is 5.10 Å². The minimum Gasteiger partial charge on any atom is -0.354 e. The van der Waals surface area contributed by atoms with Gasteiger partial charge < -0.3 is 5.32 Å². The number of nitrogens with one attached hydrogen (secondary N) is 1. The Morgan fingerprint density at radius 2 is 1.96 bits per heavy atom. The third kappa shape index (κ3) is 5.18. The summed E-state index contributed by atoms with van der Waals surface area (Å²) in [5.41, 5.74) is 3.16. The van der Waals surface area contributed by atoms with Crippen LogP contribution in [0.25, 0.3) is 0 Å². The van der Waals surface area contributed by atoms with E-state index in [1.165, 1.54) is 23.4 Å². The topological polar surface area (TPSA) is 61.8 Å². The summed E-state index contributed by atoms with van der Waals surface area (Å²) >= 11 is 5.91. The first kappa shape index (κ1) is 18.6. The predicted octanol–water partition coefficient (Wildman–Crippen LogP) is 3.67. The molecule has 0 unspecified atom stereocenters. The Hall–Kier alpha value is -2.14. The molecule has 1 heterocycles. The van der Waals surface area contributed by atoms with Gasteiger partial charge in [-0.1, -0.05) is 35.4 Å². The van der Waals surface area contributed by atoms with Gasteiger partial charge in [0.1, 0.15) is 6.54 Å². The van der Waals surface area contributed by atoms with Crippen LogP contribution in [0.4, 0.5) is 0 Å². The van der Waals surface area contributed by atoms with Crippen LogP contribution in [-0.2, 0) is 9.59 Å². The summed E-state index contributed by atoms with van der Waals surface area (Å²) in [7, 11) is 0. The van der Waals surface area contributed by atoms with E-state index in [0.717, 1.165) is 30.5 Å². The molecule has 1 aromatic carbocycles. The number of halogens is 1. The van der Waals surface area contributed by atoms with Gasteiger partial charge in [0.15, 0.2) is 0 Å². The van der Waals surface area contributed by atoms with E-state index in [-0.39, 0.29) is 18.4 Å². The Morgan fingerprint density at radius 1 is 1.15 bits per heavy atom. The highest BCUT2D eigenvalue weighted by Crippen LogP contribution is 2.19.